The normalized spacial score (nSPS) is 20.9. The Bertz CT molecular complexity index is 804. The van der Waals surface area contributed by atoms with Gasteiger partial charge in [-0.3, -0.25) is 9.79 Å². The van der Waals surface area contributed by atoms with E-state index in [1.54, 1.807) is 19.9 Å². The van der Waals surface area contributed by atoms with Crippen molar-refractivity contribution in [2.75, 3.05) is 12.4 Å². The minimum Gasteiger partial charge on any atom is -0.493 e. The summed E-state index contributed by atoms with van der Waals surface area (Å²) in [6.07, 6.45) is 1.38. The third-order valence-electron chi connectivity index (χ3n) is 4.09. The average Bonchev–Trinajstić information content (AvgIpc) is 3.04. The highest BCUT2D eigenvalue weighted by Gasteiger charge is 2.40. The van der Waals surface area contributed by atoms with Gasteiger partial charge >= 0.3 is 5.63 Å². The first kappa shape index (κ1) is 21.0. The van der Waals surface area contributed by atoms with Crippen LogP contribution >= 0.6 is 11.8 Å². The van der Waals surface area contributed by atoms with Crippen molar-refractivity contribution in [3.8, 4) is 5.75 Å². The summed E-state index contributed by atoms with van der Waals surface area (Å²) in [4.78, 5) is 29.1. The van der Waals surface area contributed by atoms with Crippen LogP contribution in [0.2, 0.25) is 0 Å². The molecular weight excluding hydrogens is 370 g/mol. The Kier molecular flexibility index (Phi) is 7.06. The van der Waals surface area contributed by atoms with E-state index in [4.69, 9.17) is 14.4 Å². The number of hydrogen-bond acceptors (Lipinski definition) is 8. The zero-order valence-electron chi connectivity index (χ0n) is 15.9. The van der Waals surface area contributed by atoms with E-state index in [2.05, 4.69) is 15.5 Å². The molecule has 1 aliphatic rings. The molecule has 0 saturated carbocycles. The lowest BCUT2D eigenvalue weighted by Crippen LogP contribution is -2.45. The number of carbonyl (C=O) groups is 1. The predicted octanol–water partition coefficient (Wildman–Crippen LogP) is 2.75. The van der Waals surface area contributed by atoms with Crippen molar-refractivity contribution < 1.29 is 19.2 Å². The second-order valence-electron chi connectivity index (χ2n) is 6.43. The maximum atomic E-state index is 12.9. The number of carbonyl (C=O) groups excluding carboxylic acids is 1. The van der Waals surface area contributed by atoms with Crippen LogP contribution < -0.4 is 15.7 Å². The number of aliphatic imine (C=N–C) groups is 1. The molecule has 1 amide bonds. The second kappa shape index (κ2) is 9.07. The molecular formula is C18H25N3O5S. The summed E-state index contributed by atoms with van der Waals surface area (Å²) in [5.74, 6) is 0.922. The molecule has 1 unspecified atom stereocenters. The van der Waals surface area contributed by atoms with E-state index in [-0.39, 0.29) is 5.91 Å². The van der Waals surface area contributed by atoms with Gasteiger partial charge in [0.2, 0.25) is 5.91 Å². The molecule has 0 aromatic carbocycles. The van der Waals surface area contributed by atoms with E-state index in [0.29, 0.717) is 41.0 Å². The maximum absolute atomic E-state index is 12.9. The van der Waals surface area contributed by atoms with Crippen LogP contribution in [0.15, 0.2) is 31.5 Å². The van der Waals surface area contributed by atoms with Gasteiger partial charge in [0, 0.05) is 11.8 Å². The highest BCUT2D eigenvalue weighted by molar-refractivity contribution is 8.16. The average molecular weight is 395 g/mol. The number of nitrogens with one attached hydrogen (secondary N) is 1. The molecule has 2 N–H and O–H groups in total. The predicted molar refractivity (Wildman–Crippen MR) is 105 cm³/mol. The first-order valence-corrected chi connectivity index (χ1v) is 9.82. The number of nitrogens with zero attached hydrogens (tertiary/aromatic N) is 2. The Hall–Kier alpha value is -2.29. The zero-order valence-corrected chi connectivity index (χ0v) is 16.8. The van der Waals surface area contributed by atoms with E-state index in [1.807, 2.05) is 13.8 Å². The summed E-state index contributed by atoms with van der Waals surface area (Å²) < 4.78 is 10.7. The standard InChI is InChI=1S/C18H25N3O5S/c1-5-7-13(14-8-12(25-6-2)9-15(22)26-14)19-17(23)18(4)10-27-16(20-18)11(3)21-24/h8-9,13,24H,5-7,10H2,1-4H3,(H,19,23)/b21-11-/t13-,18?/m1/s1. The fourth-order valence-electron chi connectivity index (χ4n) is 2.62. The lowest BCUT2D eigenvalue weighted by Gasteiger charge is -2.24. The second-order valence-corrected chi connectivity index (χ2v) is 7.39. The highest BCUT2D eigenvalue weighted by Crippen LogP contribution is 2.30. The number of oxime groups is 1. The first-order chi connectivity index (χ1) is 12.8. The SMILES string of the molecule is CCC[C@@H](NC(=O)C1(C)CSC(/C(C)=N\O)=N1)c1cc(OCC)cc(=O)o1. The molecule has 148 valence electrons. The Morgan fingerprint density at radius 2 is 2.26 bits per heavy atom. The van der Waals surface area contributed by atoms with Crippen LogP contribution in [0.1, 0.15) is 52.3 Å². The summed E-state index contributed by atoms with van der Waals surface area (Å²) in [6.45, 7) is 7.58. The molecule has 2 rings (SSSR count). The molecule has 27 heavy (non-hydrogen) atoms. The van der Waals surface area contributed by atoms with Crippen molar-refractivity contribution in [3.63, 3.8) is 0 Å². The van der Waals surface area contributed by atoms with Crippen LogP contribution in [-0.4, -0.2) is 39.8 Å². The van der Waals surface area contributed by atoms with Crippen LogP contribution in [0, 0.1) is 0 Å². The number of ether oxygens (including phenoxy) is 1. The molecule has 1 aromatic heterocycles. The smallest absolute Gasteiger partial charge is 0.339 e. The molecule has 1 aromatic rings. The van der Waals surface area contributed by atoms with Gasteiger partial charge in [-0.05, 0) is 27.2 Å². The zero-order chi connectivity index (χ0) is 20.0. The lowest BCUT2D eigenvalue weighted by molar-refractivity contribution is -0.125. The largest absolute Gasteiger partial charge is 0.493 e. The van der Waals surface area contributed by atoms with E-state index in [0.717, 1.165) is 6.42 Å². The minimum absolute atomic E-state index is 0.279. The van der Waals surface area contributed by atoms with Crippen molar-refractivity contribution >= 4 is 28.4 Å². The molecule has 2 heterocycles. The van der Waals surface area contributed by atoms with E-state index in [9.17, 15) is 9.59 Å². The third kappa shape index (κ3) is 5.12. The van der Waals surface area contributed by atoms with Gasteiger partial charge in [0.15, 0.2) is 0 Å². The molecule has 0 bridgehead atoms. The van der Waals surface area contributed by atoms with Gasteiger partial charge < -0.3 is 19.7 Å². The van der Waals surface area contributed by atoms with Crippen molar-refractivity contribution in [2.24, 2.45) is 10.1 Å². The van der Waals surface area contributed by atoms with Crippen molar-refractivity contribution in [2.45, 2.75) is 52.1 Å². The maximum Gasteiger partial charge on any atom is 0.339 e. The van der Waals surface area contributed by atoms with Gasteiger partial charge in [-0.25, -0.2) is 4.79 Å². The van der Waals surface area contributed by atoms with Gasteiger partial charge in [-0.1, -0.05) is 18.5 Å². The molecule has 0 spiro atoms. The quantitative estimate of drug-likeness (QED) is 0.397. The summed E-state index contributed by atoms with van der Waals surface area (Å²) in [6, 6.07) is 2.44. The Morgan fingerprint density at radius 1 is 1.52 bits per heavy atom. The lowest BCUT2D eigenvalue weighted by atomic mass is 10.0. The van der Waals surface area contributed by atoms with Crippen LogP contribution in [0.4, 0.5) is 0 Å². The molecule has 9 heteroatoms. The fraction of sp³-hybridized carbons (Fsp3) is 0.556. The molecule has 0 radical (unpaired) electrons. The first-order valence-electron chi connectivity index (χ1n) is 8.83. The van der Waals surface area contributed by atoms with Gasteiger partial charge in [-0.2, -0.15) is 0 Å². The molecule has 8 nitrogen and oxygen atoms in total. The summed E-state index contributed by atoms with van der Waals surface area (Å²) in [7, 11) is 0. The number of amides is 1. The fourth-order valence-corrected chi connectivity index (χ4v) is 3.75. The summed E-state index contributed by atoms with van der Waals surface area (Å²) >= 11 is 1.36. The number of thioether (sulfide) groups is 1. The van der Waals surface area contributed by atoms with Gasteiger partial charge in [0.25, 0.3) is 0 Å². The van der Waals surface area contributed by atoms with Crippen molar-refractivity contribution in [3.05, 3.63) is 28.3 Å². The number of hydrogen-bond donors (Lipinski definition) is 2. The van der Waals surface area contributed by atoms with Crippen LogP contribution in [0.3, 0.4) is 0 Å². The molecule has 2 atom stereocenters. The summed E-state index contributed by atoms with van der Waals surface area (Å²) in [5, 5.41) is 15.5. The van der Waals surface area contributed by atoms with E-state index < -0.39 is 17.2 Å². The van der Waals surface area contributed by atoms with Gasteiger partial charge in [0.1, 0.15) is 27.8 Å². The van der Waals surface area contributed by atoms with Crippen LogP contribution in [0.25, 0.3) is 0 Å². The third-order valence-corrected chi connectivity index (χ3v) is 5.45. The van der Waals surface area contributed by atoms with Gasteiger partial charge in [0.05, 0.1) is 18.7 Å². The Balaban J connectivity index is 2.25. The number of rotatable bonds is 8. The Morgan fingerprint density at radius 3 is 2.89 bits per heavy atom. The molecule has 0 fully saturated rings. The van der Waals surface area contributed by atoms with Crippen molar-refractivity contribution in [1.82, 2.24) is 5.32 Å². The molecule has 0 saturated heterocycles. The molecule has 0 aliphatic carbocycles. The van der Waals surface area contributed by atoms with Gasteiger partial charge in [-0.15, -0.1) is 11.8 Å². The Labute approximate surface area is 162 Å². The molecule has 1 aliphatic heterocycles. The summed E-state index contributed by atoms with van der Waals surface area (Å²) in [5.41, 5.74) is -1.14. The topological polar surface area (TPSA) is 113 Å². The van der Waals surface area contributed by atoms with Crippen LogP contribution in [-0.2, 0) is 4.79 Å². The minimum atomic E-state index is -0.990. The highest BCUT2D eigenvalue weighted by atomic mass is 32.2. The van der Waals surface area contributed by atoms with E-state index in [1.165, 1.54) is 17.8 Å². The van der Waals surface area contributed by atoms with Crippen molar-refractivity contribution in [1.29, 1.82) is 0 Å². The van der Waals surface area contributed by atoms with E-state index >= 15 is 0 Å². The van der Waals surface area contributed by atoms with Crippen LogP contribution in [0.5, 0.6) is 5.75 Å². The monoisotopic (exact) mass is 395 g/mol.